The van der Waals surface area contributed by atoms with Crippen LogP contribution < -0.4 is 0 Å². The van der Waals surface area contributed by atoms with Gasteiger partial charge >= 0.3 is 11.9 Å². The van der Waals surface area contributed by atoms with E-state index in [1.54, 1.807) is 13.8 Å². The summed E-state index contributed by atoms with van der Waals surface area (Å²) in [5, 5.41) is 0. The minimum atomic E-state index is -1.10. The number of allylic oxidation sites excluding steroid dienone is 2. The highest BCUT2D eigenvalue weighted by Gasteiger charge is 2.52. The molecule has 1 aliphatic rings. The molecule has 0 atom stereocenters. The van der Waals surface area contributed by atoms with Crippen molar-refractivity contribution < 1.29 is 19.1 Å². The molecule has 0 saturated heterocycles. The summed E-state index contributed by atoms with van der Waals surface area (Å²) in [5.74, 6) is -0.898. The maximum atomic E-state index is 12.0. The number of rotatable bonds is 4. The van der Waals surface area contributed by atoms with Gasteiger partial charge in [0.15, 0.2) is 5.41 Å². The average molecular weight is 240 g/mol. The van der Waals surface area contributed by atoms with Gasteiger partial charge in [0.2, 0.25) is 0 Å². The number of hydrogen-bond acceptors (Lipinski definition) is 4. The molecular weight excluding hydrogens is 220 g/mol. The monoisotopic (exact) mass is 240 g/mol. The van der Waals surface area contributed by atoms with Crippen LogP contribution in [0.3, 0.4) is 0 Å². The van der Waals surface area contributed by atoms with Crippen LogP contribution in [0.15, 0.2) is 11.6 Å². The smallest absolute Gasteiger partial charge is 0.323 e. The lowest BCUT2D eigenvalue weighted by Crippen LogP contribution is -2.39. The SMILES string of the molecule is C/C=C1\CCC(C(=O)OCC)(C(=O)OCC)C1. The van der Waals surface area contributed by atoms with Gasteiger partial charge in [0, 0.05) is 0 Å². The molecule has 96 valence electrons. The Balaban J connectivity index is 2.94. The number of ether oxygens (including phenoxy) is 2. The van der Waals surface area contributed by atoms with Crippen LogP contribution in [0.4, 0.5) is 0 Å². The van der Waals surface area contributed by atoms with Crippen LogP contribution in [0.1, 0.15) is 40.0 Å². The highest BCUT2D eigenvalue weighted by Crippen LogP contribution is 2.43. The Labute approximate surface area is 102 Å². The quantitative estimate of drug-likeness (QED) is 0.429. The molecule has 4 heteroatoms. The fraction of sp³-hybridized carbons (Fsp3) is 0.692. The summed E-state index contributed by atoms with van der Waals surface area (Å²) in [6, 6.07) is 0. The Morgan fingerprint density at radius 2 is 1.76 bits per heavy atom. The first-order valence-corrected chi connectivity index (χ1v) is 6.09. The normalized spacial score (nSPS) is 20.3. The Bertz CT molecular complexity index is 312. The van der Waals surface area contributed by atoms with E-state index in [2.05, 4.69) is 0 Å². The standard InChI is InChI=1S/C13H20O4/c1-4-10-7-8-13(9-10,11(14)16-5-2)12(15)17-6-3/h4H,5-9H2,1-3H3/b10-4+. The van der Waals surface area contributed by atoms with Crippen LogP contribution in [0.25, 0.3) is 0 Å². The summed E-state index contributed by atoms with van der Waals surface area (Å²) in [5.41, 5.74) is 0.0135. The van der Waals surface area contributed by atoms with Gasteiger partial charge in [-0.2, -0.15) is 0 Å². The third kappa shape index (κ3) is 2.68. The molecule has 4 nitrogen and oxygen atoms in total. The largest absolute Gasteiger partial charge is 0.465 e. The third-order valence-electron chi connectivity index (χ3n) is 3.14. The lowest BCUT2D eigenvalue weighted by atomic mass is 9.86. The molecule has 1 fully saturated rings. The van der Waals surface area contributed by atoms with Crippen molar-refractivity contribution in [1.29, 1.82) is 0 Å². The van der Waals surface area contributed by atoms with Crippen LogP contribution in [0, 0.1) is 5.41 Å². The van der Waals surface area contributed by atoms with Crippen molar-refractivity contribution in [1.82, 2.24) is 0 Å². The molecule has 0 unspecified atom stereocenters. The van der Waals surface area contributed by atoms with Crippen molar-refractivity contribution in [3.05, 3.63) is 11.6 Å². The van der Waals surface area contributed by atoms with Crippen LogP contribution in [0.2, 0.25) is 0 Å². The number of carbonyl (C=O) groups is 2. The highest BCUT2D eigenvalue weighted by atomic mass is 16.6. The maximum Gasteiger partial charge on any atom is 0.323 e. The maximum absolute atomic E-state index is 12.0. The van der Waals surface area contributed by atoms with Gasteiger partial charge in [-0.1, -0.05) is 11.6 Å². The molecule has 0 aromatic rings. The predicted molar refractivity (Wildman–Crippen MR) is 63.3 cm³/mol. The first kappa shape index (κ1) is 13.7. The van der Waals surface area contributed by atoms with Gasteiger partial charge in [-0.25, -0.2) is 0 Å². The molecule has 0 aromatic heterocycles. The highest BCUT2D eigenvalue weighted by molar-refractivity contribution is 6.01. The first-order valence-electron chi connectivity index (χ1n) is 6.09. The second-order valence-electron chi connectivity index (χ2n) is 4.15. The van der Waals surface area contributed by atoms with E-state index in [1.807, 2.05) is 13.0 Å². The summed E-state index contributed by atoms with van der Waals surface area (Å²) in [6.07, 6.45) is 3.64. The van der Waals surface area contributed by atoms with Gasteiger partial charge in [0.25, 0.3) is 0 Å². The molecule has 0 spiro atoms. The third-order valence-corrected chi connectivity index (χ3v) is 3.14. The zero-order chi connectivity index (χ0) is 12.9. The number of esters is 2. The molecule has 0 N–H and O–H groups in total. The van der Waals surface area contributed by atoms with Gasteiger partial charge in [-0.15, -0.1) is 0 Å². The zero-order valence-corrected chi connectivity index (χ0v) is 10.7. The fourth-order valence-electron chi connectivity index (χ4n) is 2.16. The number of carbonyl (C=O) groups excluding carboxylic acids is 2. The molecule has 0 heterocycles. The van der Waals surface area contributed by atoms with E-state index in [1.165, 1.54) is 0 Å². The molecule has 0 bridgehead atoms. The topological polar surface area (TPSA) is 52.6 Å². The van der Waals surface area contributed by atoms with Crippen LogP contribution in [0.5, 0.6) is 0 Å². The van der Waals surface area contributed by atoms with E-state index >= 15 is 0 Å². The molecule has 0 aromatic carbocycles. The molecule has 1 aliphatic carbocycles. The Kier molecular flexibility index (Phi) is 4.73. The molecule has 0 aliphatic heterocycles. The van der Waals surface area contributed by atoms with E-state index in [-0.39, 0.29) is 13.2 Å². The summed E-state index contributed by atoms with van der Waals surface area (Å²) >= 11 is 0. The van der Waals surface area contributed by atoms with Crippen molar-refractivity contribution in [2.24, 2.45) is 5.41 Å². The van der Waals surface area contributed by atoms with Crippen molar-refractivity contribution in [2.45, 2.75) is 40.0 Å². The van der Waals surface area contributed by atoms with E-state index in [0.717, 1.165) is 12.0 Å². The van der Waals surface area contributed by atoms with Gasteiger partial charge in [0.1, 0.15) is 0 Å². The molecule has 0 radical (unpaired) electrons. The van der Waals surface area contributed by atoms with Gasteiger partial charge < -0.3 is 9.47 Å². The van der Waals surface area contributed by atoms with Gasteiger partial charge in [0.05, 0.1) is 13.2 Å². The Hall–Kier alpha value is -1.32. The molecular formula is C13H20O4. The molecule has 1 saturated carbocycles. The first-order chi connectivity index (χ1) is 8.10. The molecule has 1 rings (SSSR count). The van der Waals surface area contributed by atoms with Crippen molar-refractivity contribution in [2.75, 3.05) is 13.2 Å². The van der Waals surface area contributed by atoms with E-state index in [9.17, 15) is 9.59 Å². The summed E-state index contributed by atoms with van der Waals surface area (Å²) in [7, 11) is 0. The van der Waals surface area contributed by atoms with Crippen LogP contribution in [-0.4, -0.2) is 25.2 Å². The van der Waals surface area contributed by atoms with Crippen molar-refractivity contribution >= 4 is 11.9 Å². The second-order valence-corrected chi connectivity index (χ2v) is 4.15. The predicted octanol–water partition coefficient (Wildman–Crippen LogP) is 2.23. The van der Waals surface area contributed by atoms with Crippen LogP contribution in [-0.2, 0) is 19.1 Å². The van der Waals surface area contributed by atoms with Crippen molar-refractivity contribution in [3.63, 3.8) is 0 Å². The lowest BCUT2D eigenvalue weighted by molar-refractivity contribution is -0.171. The lowest BCUT2D eigenvalue weighted by Gasteiger charge is -2.23. The minimum Gasteiger partial charge on any atom is -0.465 e. The van der Waals surface area contributed by atoms with E-state index in [4.69, 9.17) is 9.47 Å². The summed E-state index contributed by atoms with van der Waals surface area (Å²) in [4.78, 5) is 24.0. The van der Waals surface area contributed by atoms with E-state index in [0.29, 0.717) is 12.8 Å². The fourth-order valence-corrected chi connectivity index (χ4v) is 2.16. The Morgan fingerprint density at radius 1 is 1.24 bits per heavy atom. The van der Waals surface area contributed by atoms with Gasteiger partial charge in [-0.05, 0) is 40.0 Å². The van der Waals surface area contributed by atoms with Crippen LogP contribution >= 0.6 is 0 Å². The summed E-state index contributed by atoms with van der Waals surface area (Å²) in [6.45, 7) is 5.96. The number of hydrogen-bond donors (Lipinski definition) is 0. The second kappa shape index (κ2) is 5.84. The van der Waals surface area contributed by atoms with Crippen molar-refractivity contribution in [3.8, 4) is 0 Å². The minimum absolute atomic E-state index is 0.283. The zero-order valence-electron chi connectivity index (χ0n) is 10.7. The average Bonchev–Trinajstić information content (AvgIpc) is 2.75. The molecule has 0 amide bonds. The molecule has 17 heavy (non-hydrogen) atoms. The Morgan fingerprint density at radius 3 is 2.12 bits per heavy atom. The van der Waals surface area contributed by atoms with Gasteiger partial charge in [-0.3, -0.25) is 9.59 Å². The summed E-state index contributed by atoms with van der Waals surface area (Å²) < 4.78 is 10.0. The van der Waals surface area contributed by atoms with E-state index < -0.39 is 17.4 Å².